The fraction of sp³-hybridized carbons (Fsp3) is 0.556. The molecule has 8 heteroatoms. The summed E-state index contributed by atoms with van der Waals surface area (Å²) in [4.78, 5) is 23.0. The minimum Gasteiger partial charge on any atom is -0.375 e. The van der Waals surface area contributed by atoms with E-state index in [0.29, 0.717) is 37.0 Å². The highest BCUT2D eigenvalue weighted by atomic mass is 16.5. The Bertz CT molecular complexity index is 755. The molecule has 1 spiro atoms. The molecule has 0 radical (unpaired) electrons. The molecule has 26 heavy (non-hydrogen) atoms. The van der Waals surface area contributed by atoms with Crippen molar-refractivity contribution in [3.63, 3.8) is 0 Å². The van der Waals surface area contributed by atoms with Crippen LogP contribution in [0.15, 0.2) is 29.2 Å². The quantitative estimate of drug-likeness (QED) is 0.898. The smallest absolute Gasteiger partial charge is 0.259 e. The number of hydrogen-bond donors (Lipinski definition) is 1. The molecule has 4 rings (SSSR count). The summed E-state index contributed by atoms with van der Waals surface area (Å²) in [5.74, 6) is 1.21. The summed E-state index contributed by atoms with van der Waals surface area (Å²) < 4.78 is 11.2. The lowest BCUT2D eigenvalue weighted by molar-refractivity contribution is -0.110. The first-order valence-corrected chi connectivity index (χ1v) is 9.03. The maximum atomic E-state index is 12.6. The molecule has 138 valence electrons. The summed E-state index contributed by atoms with van der Waals surface area (Å²) in [5, 5.41) is 7.12. The van der Waals surface area contributed by atoms with E-state index in [0.717, 1.165) is 25.7 Å². The lowest BCUT2D eigenvalue weighted by Crippen LogP contribution is -2.52. The molecule has 0 aliphatic carbocycles. The van der Waals surface area contributed by atoms with Crippen LogP contribution in [0.4, 0.5) is 5.95 Å². The monoisotopic (exact) mass is 357 g/mol. The first-order chi connectivity index (χ1) is 12.7. The summed E-state index contributed by atoms with van der Waals surface area (Å²) in [6, 6.07) is 2.09. The number of ether oxygens (including phenoxy) is 1. The van der Waals surface area contributed by atoms with Gasteiger partial charge in [0.15, 0.2) is 0 Å². The third-order valence-electron chi connectivity index (χ3n) is 5.33. The van der Waals surface area contributed by atoms with E-state index >= 15 is 0 Å². The number of nitrogens with zero attached hydrogens (tertiary/aromatic N) is 4. The van der Waals surface area contributed by atoms with Gasteiger partial charge < -0.3 is 19.5 Å². The predicted molar refractivity (Wildman–Crippen MR) is 93.7 cm³/mol. The van der Waals surface area contributed by atoms with E-state index in [-0.39, 0.29) is 17.6 Å². The molecule has 2 aliphatic heterocycles. The van der Waals surface area contributed by atoms with E-state index in [1.807, 2.05) is 4.90 Å². The number of carbonyl (C=O) groups is 1. The third-order valence-corrected chi connectivity index (χ3v) is 5.33. The zero-order valence-electron chi connectivity index (χ0n) is 14.9. The first-order valence-electron chi connectivity index (χ1n) is 9.03. The molecular weight excluding hydrogens is 334 g/mol. The van der Waals surface area contributed by atoms with E-state index in [2.05, 4.69) is 20.4 Å². The SMILES string of the molecule is Cc1oncc1C(=O)N1CCC2(CC1)C[C@H](Nc1ncccn1)CCO2. The van der Waals surface area contributed by atoms with Gasteiger partial charge in [0.05, 0.1) is 11.8 Å². The van der Waals surface area contributed by atoms with Crippen molar-refractivity contribution in [2.45, 2.75) is 44.2 Å². The highest BCUT2D eigenvalue weighted by Gasteiger charge is 2.41. The topological polar surface area (TPSA) is 93.4 Å². The van der Waals surface area contributed by atoms with Gasteiger partial charge in [0.1, 0.15) is 11.3 Å². The lowest BCUT2D eigenvalue weighted by atomic mass is 9.82. The van der Waals surface area contributed by atoms with E-state index in [1.165, 1.54) is 6.20 Å². The first kappa shape index (κ1) is 17.0. The molecule has 1 N–H and O–H groups in total. The Morgan fingerprint density at radius 3 is 2.77 bits per heavy atom. The average Bonchev–Trinajstić information content (AvgIpc) is 3.09. The Morgan fingerprint density at radius 2 is 2.08 bits per heavy atom. The number of nitrogens with one attached hydrogen (secondary N) is 1. The number of piperidine rings is 1. The van der Waals surface area contributed by atoms with Crippen LogP contribution < -0.4 is 5.32 Å². The number of aromatic nitrogens is 3. The van der Waals surface area contributed by atoms with Crippen molar-refractivity contribution in [3.8, 4) is 0 Å². The molecule has 2 fully saturated rings. The van der Waals surface area contributed by atoms with E-state index < -0.39 is 0 Å². The van der Waals surface area contributed by atoms with Crippen LogP contribution in [0.1, 0.15) is 41.8 Å². The zero-order chi connectivity index (χ0) is 18.0. The van der Waals surface area contributed by atoms with Gasteiger partial charge in [-0.2, -0.15) is 0 Å². The van der Waals surface area contributed by atoms with Crippen LogP contribution in [0, 0.1) is 6.92 Å². The number of amides is 1. The van der Waals surface area contributed by atoms with Crippen LogP contribution in [-0.4, -0.2) is 57.3 Å². The number of carbonyl (C=O) groups excluding carboxylic acids is 1. The summed E-state index contributed by atoms with van der Waals surface area (Å²) in [6.07, 6.45) is 8.47. The van der Waals surface area contributed by atoms with Crippen LogP contribution in [-0.2, 0) is 4.74 Å². The Balaban J connectivity index is 1.37. The Labute approximate surface area is 151 Å². The summed E-state index contributed by atoms with van der Waals surface area (Å²) in [7, 11) is 0. The number of aryl methyl sites for hydroxylation is 1. The fourth-order valence-electron chi connectivity index (χ4n) is 3.85. The van der Waals surface area contributed by atoms with Gasteiger partial charge in [-0.05, 0) is 38.7 Å². The van der Waals surface area contributed by atoms with Crippen LogP contribution in [0.2, 0.25) is 0 Å². The summed E-state index contributed by atoms with van der Waals surface area (Å²) >= 11 is 0. The maximum Gasteiger partial charge on any atom is 0.259 e. The third kappa shape index (κ3) is 3.41. The van der Waals surface area contributed by atoms with Crippen LogP contribution in [0.3, 0.4) is 0 Å². The Kier molecular flexibility index (Phi) is 4.58. The minimum absolute atomic E-state index is 0.0123. The lowest BCUT2D eigenvalue weighted by Gasteiger charge is -2.46. The molecule has 0 saturated carbocycles. The number of rotatable bonds is 3. The van der Waals surface area contributed by atoms with Crippen molar-refractivity contribution in [2.24, 2.45) is 0 Å². The van der Waals surface area contributed by atoms with Crippen LogP contribution in [0.5, 0.6) is 0 Å². The molecule has 1 atom stereocenters. The molecule has 2 aliphatic rings. The molecular formula is C18H23N5O3. The molecule has 2 aromatic rings. The zero-order valence-corrected chi connectivity index (χ0v) is 14.9. The number of anilines is 1. The van der Waals surface area contributed by atoms with Gasteiger partial charge in [0.2, 0.25) is 5.95 Å². The fourth-order valence-corrected chi connectivity index (χ4v) is 3.85. The van der Waals surface area contributed by atoms with Gasteiger partial charge in [0, 0.05) is 38.1 Å². The van der Waals surface area contributed by atoms with E-state index in [9.17, 15) is 4.79 Å². The Hall–Kier alpha value is -2.48. The number of likely N-dealkylation sites (tertiary alicyclic amines) is 1. The van der Waals surface area contributed by atoms with Crippen molar-refractivity contribution >= 4 is 11.9 Å². The average molecular weight is 357 g/mol. The van der Waals surface area contributed by atoms with Crippen LogP contribution >= 0.6 is 0 Å². The van der Waals surface area contributed by atoms with Crippen molar-refractivity contribution in [1.82, 2.24) is 20.0 Å². The van der Waals surface area contributed by atoms with Gasteiger partial charge in [0.25, 0.3) is 5.91 Å². The molecule has 0 aromatic carbocycles. The molecule has 2 aromatic heterocycles. The van der Waals surface area contributed by atoms with E-state index in [4.69, 9.17) is 9.26 Å². The molecule has 4 heterocycles. The second-order valence-electron chi connectivity index (χ2n) is 7.03. The van der Waals surface area contributed by atoms with Crippen molar-refractivity contribution in [2.75, 3.05) is 25.0 Å². The second kappa shape index (κ2) is 7.03. The van der Waals surface area contributed by atoms with Crippen molar-refractivity contribution in [3.05, 3.63) is 36.0 Å². The predicted octanol–water partition coefficient (Wildman–Crippen LogP) is 2.04. The highest BCUT2D eigenvalue weighted by molar-refractivity contribution is 5.94. The van der Waals surface area contributed by atoms with E-state index in [1.54, 1.807) is 25.4 Å². The molecule has 2 saturated heterocycles. The highest BCUT2D eigenvalue weighted by Crippen LogP contribution is 2.36. The molecule has 0 unspecified atom stereocenters. The van der Waals surface area contributed by atoms with Gasteiger partial charge in [-0.25, -0.2) is 9.97 Å². The van der Waals surface area contributed by atoms with Crippen molar-refractivity contribution in [1.29, 1.82) is 0 Å². The minimum atomic E-state index is -0.175. The molecule has 0 bridgehead atoms. The summed E-state index contributed by atoms with van der Waals surface area (Å²) in [6.45, 7) is 3.83. The Morgan fingerprint density at radius 1 is 1.31 bits per heavy atom. The molecule has 1 amide bonds. The normalized spacial score (nSPS) is 22.3. The molecule has 8 nitrogen and oxygen atoms in total. The van der Waals surface area contributed by atoms with Gasteiger partial charge >= 0.3 is 0 Å². The largest absolute Gasteiger partial charge is 0.375 e. The van der Waals surface area contributed by atoms with Crippen LogP contribution in [0.25, 0.3) is 0 Å². The standard InChI is InChI=1S/C18H23N5O3/c1-13-15(12-21-26-13)16(24)23-8-4-18(5-9-23)11-14(3-10-25-18)22-17-19-6-2-7-20-17/h2,6-7,12,14H,3-5,8-11H2,1H3,(H,19,20,22)/t14-/m1/s1. The summed E-state index contributed by atoms with van der Waals surface area (Å²) in [5.41, 5.74) is 0.372. The van der Waals surface area contributed by atoms with Gasteiger partial charge in [-0.15, -0.1) is 0 Å². The van der Waals surface area contributed by atoms with Crippen molar-refractivity contribution < 1.29 is 14.1 Å². The second-order valence-corrected chi connectivity index (χ2v) is 7.03. The van der Waals surface area contributed by atoms with Gasteiger partial charge in [-0.1, -0.05) is 5.16 Å². The number of hydrogen-bond acceptors (Lipinski definition) is 7. The van der Waals surface area contributed by atoms with Gasteiger partial charge in [-0.3, -0.25) is 4.79 Å². The maximum absolute atomic E-state index is 12.6.